The fourth-order valence-electron chi connectivity index (χ4n) is 2.76. The minimum Gasteiger partial charge on any atom is -0.459 e. The van der Waals surface area contributed by atoms with E-state index in [1.807, 2.05) is 42.1 Å². The summed E-state index contributed by atoms with van der Waals surface area (Å²) in [7, 11) is 0. The van der Waals surface area contributed by atoms with E-state index < -0.39 is 0 Å². The number of carbonyl (C=O) groups is 1. The first-order valence-corrected chi connectivity index (χ1v) is 9.04. The van der Waals surface area contributed by atoms with Crippen molar-refractivity contribution in [2.75, 3.05) is 0 Å². The summed E-state index contributed by atoms with van der Waals surface area (Å²) in [5.74, 6) is 0.354. The maximum Gasteiger partial charge on any atom is 0.338 e. The molecule has 0 aliphatic heterocycles. The molecule has 0 bridgehead atoms. The lowest BCUT2D eigenvalue weighted by Gasteiger charge is -2.34. The fraction of sp³-hybridized carbons (Fsp3) is 0.211. The molecule has 0 saturated heterocycles. The molecule has 1 heterocycles. The predicted molar refractivity (Wildman–Crippen MR) is 96.3 cm³/mol. The van der Waals surface area contributed by atoms with Crippen LogP contribution in [0.1, 0.15) is 23.2 Å². The highest BCUT2D eigenvalue weighted by Gasteiger charge is 2.33. The Morgan fingerprint density at radius 1 is 1.12 bits per heavy atom. The van der Waals surface area contributed by atoms with Gasteiger partial charge in [-0.05, 0) is 37.1 Å². The third kappa shape index (κ3) is 3.74. The van der Waals surface area contributed by atoms with Crippen LogP contribution in [-0.2, 0) is 4.74 Å². The van der Waals surface area contributed by atoms with Crippen molar-refractivity contribution in [3.63, 3.8) is 0 Å². The molecular formula is C19H17N3O2S. The van der Waals surface area contributed by atoms with E-state index in [1.165, 1.54) is 11.2 Å². The lowest BCUT2D eigenvalue weighted by molar-refractivity contribution is 0.0110. The average Bonchev–Trinajstić information content (AvgIpc) is 3.15. The predicted octanol–water partition coefficient (Wildman–Crippen LogP) is 3.95. The molecule has 0 spiro atoms. The SMILES string of the molecule is O=C(OC1CC(Sc2ccccc2)C1)c1cccc(-c2ncn[nH]2)c1. The first kappa shape index (κ1) is 15.9. The van der Waals surface area contributed by atoms with E-state index >= 15 is 0 Å². The van der Waals surface area contributed by atoms with E-state index in [2.05, 4.69) is 27.3 Å². The third-order valence-corrected chi connectivity index (χ3v) is 5.42. The highest BCUT2D eigenvalue weighted by atomic mass is 32.2. The second-order valence-corrected chi connectivity index (χ2v) is 7.34. The molecule has 0 atom stereocenters. The number of benzene rings is 2. The maximum absolute atomic E-state index is 12.4. The van der Waals surface area contributed by atoms with Gasteiger partial charge in [-0.3, -0.25) is 5.10 Å². The van der Waals surface area contributed by atoms with Gasteiger partial charge in [0.25, 0.3) is 0 Å². The molecule has 4 rings (SSSR count). The Morgan fingerprint density at radius 3 is 2.72 bits per heavy atom. The number of ether oxygens (including phenoxy) is 1. The Bertz CT molecular complexity index is 846. The summed E-state index contributed by atoms with van der Waals surface area (Å²) in [5, 5.41) is 7.14. The van der Waals surface area contributed by atoms with E-state index in [0.717, 1.165) is 18.4 Å². The number of thioether (sulfide) groups is 1. The van der Waals surface area contributed by atoms with Gasteiger partial charge < -0.3 is 4.74 Å². The van der Waals surface area contributed by atoms with Crippen molar-refractivity contribution in [1.29, 1.82) is 0 Å². The summed E-state index contributed by atoms with van der Waals surface area (Å²) >= 11 is 1.85. The van der Waals surface area contributed by atoms with Crippen molar-refractivity contribution in [3.8, 4) is 11.4 Å². The summed E-state index contributed by atoms with van der Waals surface area (Å²) in [6.45, 7) is 0. The number of nitrogens with one attached hydrogen (secondary N) is 1. The van der Waals surface area contributed by atoms with Crippen LogP contribution in [0, 0.1) is 0 Å². The molecule has 25 heavy (non-hydrogen) atoms. The lowest BCUT2D eigenvalue weighted by Crippen LogP contribution is -2.35. The van der Waals surface area contributed by atoms with Crippen LogP contribution < -0.4 is 0 Å². The van der Waals surface area contributed by atoms with Gasteiger partial charge in [0.2, 0.25) is 0 Å². The largest absolute Gasteiger partial charge is 0.459 e. The topological polar surface area (TPSA) is 67.9 Å². The highest BCUT2D eigenvalue weighted by Crippen LogP contribution is 2.38. The summed E-state index contributed by atoms with van der Waals surface area (Å²) in [6, 6.07) is 17.6. The Labute approximate surface area is 149 Å². The van der Waals surface area contributed by atoms with Gasteiger partial charge in [0, 0.05) is 15.7 Å². The summed E-state index contributed by atoms with van der Waals surface area (Å²) in [4.78, 5) is 17.7. The molecular weight excluding hydrogens is 334 g/mol. The number of hydrogen-bond acceptors (Lipinski definition) is 5. The van der Waals surface area contributed by atoms with Crippen LogP contribution in [0.4, 0.5) is 0 Å². The van der Waals surface area contributed by atoms with E-state index in [4.69, 9.17) is 4.74 Å². The molecule has 1 aliphatic rings. The van der Waals surface area contributed by atoms with Gasteiger partial charge in [-0.2, -0.15) is 5.10 Å². The van der Waals surface area contributed by atoms with Crippen molar-refractivity contribution in [1.82, 2.24) is 15.2 Å². The summed E-state index contributed by atoms with van der Waals surface area (Å²) in [6.07, 6.45) is 3.24. The Kier molecular flexibility index (Phi) is 4.52. The smallest absolute Gasteiger partial charge is 0.338 e. The Hall–Kier alpha value is -2.60. The van der Waals surface area contributed by atoms with Crippen LogP contribution in [0.2, 0.25) is 0 Å². The van der Waals surface area contributed by atoms with Crippen LogP contribution in [0.3, 0.4) is 0 Å². The number of carbonyl (C=O) groups excluding carboxylic acids is 1. The van der Waals surface area contributed by atoms with Crippen molar-refractivity contribution in [3.05, 3.63) is 66.5 Å². The Morgan fingerprint density at radius 2 is 1.96 bits per heavy atom. The van der Waals surface area contributed by atoms with Crippen molar-refractivity contribution >= 4 is 17.7 Å². The van der Waals surface area contributed by atoms with Crippen molar-refractivity contribution < 1.29 is 9.53 Å². The maximum atomic E-state index is 12.4. The fourth-order valence-corrected chi connectivity index (χ4v) is 4.08. The minimum absolute atomic E-state index is 0.00245. The number of rotatable bonds is 5. The normalized spacial score (nSPS) is 19.2. The minimum atomic E-state index is -0.283. The zero-order valence-corrected chi connectivity index (χ0v) is 14.3. The summed E-state index contributed by atoms with van der Waals surface area (Å²) in [5.41, 5.74) is 1.35. The third-order valence-electron chi connectivity index (χ3n) is 4.16. The zero-order chi connectivity index (χ0) is 17.1. The molecule has 1 saturated carbocycles. The quantitative estimate of drug-likeness (QED) is 0.705. The molecule has 0 radical (unpaired) electrons. The van der Waals surface area contributed by atoms with Gasteiger partial charge in [-0.15, -0.1) is 11.8 Å². The highest BCUT2D eigenvalue weighted by molar-refractivity contribution is 8.00. The van der Waals surface area contributed by atoms with Crippen LogP contribution in [0.5, 0.6) is 0 Å². The lowest BCUT2D eigenvalue weighted by atomic mass is 9.95. The molecule has 1 aliphatic carbocycles. The average molecular weight is 351 g/mol. The molecule has 1 N–H and O–H groups in total. The van der Waals surface area contributed by atoms with Crippen molar-refractivity contribution in [2.24, 2.45) is 0 Å². The molecule has 5 nitrogen and oxygen atoms in total. The monoisotopic (exact) mass is 351 g/mol. The zero-order valence-electron chi connectivity index (χ0n) is 13.5. The number of aromatic nitrogens is 3. The Balaban J connectivity index is 1.32. The molecule has 1 fully saturated rings. The standard InChI is InChI=1S/C19H17N3O2S/c23-19(14-6-4-5-13(9-14)18-20-12-21-22-18)24-15-10-17(11-15)25-16-7-2-1-3-8-16/h1-9,12,15,17H,10-11H2,(H,20,21,22). The van der Waals surface area contributed by atoms with Gasteiger partial charge in [0.15, 0.2) is 5.82 Å². The second-order valence-electron chi connectivity index (χ2n) is 5.97. The van der Waals surface area contributed by atoms with Gasteiger partial charge in [0.1, 0.15) is 12.4 Å². The van der Waals surface area contributed by atoms with Gasteiger partial charge in [-0.1, -0.05) is 30.3 Å². The van der Waals surface area contributed by atoms with Gasteiger partial charge >= 0.3 is 5.97 Å². The van der Waals surface area contributed by atoms with Crippen LogP contribution >= 0.6 is 11.8 Å². The van der Waals surface area contributed by atoms with Gasteiger partial charge in [0.05, 0.1) is 5.56 Å². The van der Waals surface area contributed by atoms with Crippen LogP contribution in [0.25, 0.3) is 11.4 Å². The molecule has 0 amide bonds. The molecule has 6 heteroatoms. The molecule has 1 aromatic heterocycles. The van der Waals surface area contributed by atoms with E-state index in [9.17, 15) is 4.79 Å². The van der Waals surface area contributed by atoms with Crippen LogP contribution in [0.15, 0.2) is 65.8 Å². The van der Waals surface area contributed by atoms with E-state index in [1.54, 1.807) is 12.1 Å². The molecule has 126 valence electrons. The second kappa shape index (κ2) is 7.11. The number of H-pyrrole nitrogens is 1. The number of nitrogens with zero attached hydrogens (tertiary/aromatic N) is 2. The van der Waals surface area contributed by atoms with E-state index in [0.29, 0.717) is 16.6 Å². The number of aromatic amines is 1. The van der Waals surface area contributed by atoms with Gasteiger partial charge in [-0.25, -0.2) is 9.78 Å². The molecule has 0 unspecified atom stereocenters. The van der Waals surface area contributed by atoms with Crippen LogP contribution in [-0.4, -0.2) is 32.5 Å². The van der Waals surface area contributed by atoms with Crippen molar-refractivity contribution in [2.45, 2.75) is 29.1 Å². The number of esters is 1. The molecule has 2 aromatic carbocycles. The molecule has 3 aromatic rings. The summed E-state index contributed by atoms with van der Waals surface area (Å²) < 4.78 is 5.61. The number of hydrogen-bond donors (Lipinski definition) is 1. The first-order chi connectivity index (χ1) is 12.3. The van der Waals surface area contributed by atoms with E-state index in [-0.39, 0.29) is 12.1 Å². The first-order valence-electron chi connectivity index (χ1n) is 8.16.